The van der Waals surface area contributed by atoms with Gasteiger partial charge in [-0.2, -0.15) is 0 Å². The normalized spacial score (nSPS) is 14.7. The van der Waals surface area contributed by atoms with Gasteiger partial charge in [-0.3, -0.25) is 14.6 Å². The van der Waals surface area contributed by atoms with Crippen LogP contribution in [0.25, 0.3) is 0 Å². The van der Waals surface area contributed by atoms with Gasteiger partial charge in [0.1, 0.15) is 5.92 Å². The lowest BCUT2D eigenvalue weighted by Crippen LogP contribution is -2.32. The van der Waals surface area contributed by atoms with Crippen LogP contribution in [0.15, 0.2) is 77.8 Å². The maximum atomic E-state index is 13.1. The van der Waals surface area contributed by atoms with Crippen LogP contribution in [0.4, 0.5) is 11.4 Å². The van der Waals surface area contributed by atoms with E-state index in [2.05, 4.69) is 10.6 Å². The molecule has 2 N–H and O–H groups in total. The fraction of sp³-hybridized carbons (Fsp3) is 0.214. The first kappa shape index (κ1) is 24.8. The number of hydrogen-bond acceptors (Lipinski definition) is 6. The summed E-state index contributed by atoms with van der Waals surface area (Å²) < 4.78 is 4.80. The predicted octanol–water partition coefficient (Wildman–Crippen LogP) is 3.62. The number of rotatable bonds is 8. The second-order valence-electron chi connectivity index (χ2n) is 8.46. The number of ether oxygens (including phenoxy) is 1. The van der Waals surface area contributed by atoms with Crippen molar-refractivity contribution < 1.29 is 19.1 Å². The van der Waals surface area contributed by atoms with Crippen LogP contribution in [0.5, 0.6) is 0 Å². The first-order chi connectivity index (χ1) is 17.4. The Hall–Kier alpha value is -4.30. The number of nitrogens with one attached hydrogen (secondary N) is 2. The molecule has 8 heteroatoms. The Morgan fingerprint density at radius 1 is 1.00 bits per heavy atom. The van der Waals surface area contributed by atoms with E-state index in [0.717, 1.165) is 11.1 Å². The molecule has 8 nitrogen and oxygen atoms in total. The number of fused-ring (bicyclic) bond motifs is 1. The minimum absolute atomic E-state index is 0.0745. The van der Waals surface area contributed by atoms with Crippen molar-refractivity contribution >= 4 is 34.9 Å². The average molecular weight is 485 g/mol. The molecule has 4 rings (SSSR count). The van der Waals surface area contributed by atoms with Crippen LogP contribution in [-0.2, 0) is 9.53 Å². The van der Waals surface area contributed by atoms with Gasteiger partial charge in [0, 0.05) is 31.4 Å². The molecule has 1 aliphatic rings. The highest BCUT2D eigenvalue weighted by molar-refractivity contribution is 6.24. The number of nitrogens with zero attached hydrogens (tertiary/aromatic N) is 2. The van der Waals surface area contributed by atoms with E-state index in [1.807, 2.05) is 37.4 Å². The molecule has 0 aromatic heterocycles. The summed E-state index contributed by atoms with van der Waals surface area (Å²) in [4.78, 5) is 44.3. The molecule has 0 bridgehead atoms. The van der Waals surface area contributed by atoms with Crippen molar-refractivity contribution in [3.63, 3.8) is 0 Å². The molecule has 3 aromatic rings. The summed E-state index contributed by atoms with van der Waals surface area (Å²) in [6.07, 6.45) is 0. The number of carbonyl (C=O) groups is 3. The van der Waals surface area contributed by atoms with Crippen LogP contribution in [0.3, 0.4) is 0 Å². The van der Waals surface area contributed by atoms with Crippen LogP contribution in [-0.4, -0.2) is 62.7 Å². The molecule has 1 aliphatic heterocycles. The fourth-order valence-electron chi connectivity index (χ4n) is 4.10. The Labute approximate surface area is 210 Å². The molecular weight excluding hydrogens is 456 g/mol. The first-order valence-corrected chi connectivity index (χ1v) is 11.6. The van der Waals surface area contributed by atoms with E-state index in [-0.39, 0.29) is 11.8 Å². The number of benzene rings is 3. The number of anilines is 1. The standard InChI is InChI=1S/C28H28N4O4/c1-29-15-16-32(2)27(34)19-9-12-21(13-10-19)30-25(18-7-5-4-6-8-18)24-22-14-11-20(28(35)36-3)17-23(22)31-26(24)33/h4-14,17,24,29H,15-16H2,1-3H3,(H,31,33). The minimum Gasteiger partial charge on any atom is -0.465 e. The molecule has 1 atom stereocenters. The van der Waals surface area contributed by atoms with Crippen molar-refractivity contribution in [3.8, 4) is 0 Å². The molecule has 0 saturated carbocycles. The lowest BCUT2D eigenvalue weighted by atomic mass is 9.90. The summed E-state index contributed by atoms with van der Waals surface area (Å²) in [5.41, 5.74) is 4.20. The predicted molar refractivity (Wildman–Crippen MR) is 139 cm³/mol. The molecule has 3 aromatic carbocycles. The smallest absolute Gasteiger partial charge is 0.337 e. The molecule has 0 radical (unpaired) electrons. The Balaban J connectivity index is 1.70. The molecule has 0 spiro atoms. The third-order valence-corrected chi connectivity index (χ3v) is 6.06. The van der Waals surface area contributed by atoms with E-state index in [4.69, 9.17) is 9.73 Å². The number of aliphatic imine (C=N–C) groups is 1. The van der Waals surface area contributed by atoms with Crippen LogP contribution < -0.4 is 10.6 Å². The number of hydrogen-bond donors (Lipinski definition) is 2. The largest absolute Gasteiger partial charge is 0.465 e. The SMILES string of the molecule is CNCCN(C)C(=O)c1ccc(N=C(c2ccccc2)C2C(=O)Nc3cc(C(=O)OC)ccc32)cc1. The second-order valence-corrected chi connectivity index (χ2v) is 8.46. The van der Waals surface area contributed by atoms with Gasteiger partial charge in [0.05, 0.1) is 24.1 Å². The Morgan fingerprint density at radius 2 is 1.69 bits per heavy atom. The van der Waals surface area contributed by atoms with E-state index in [9.17, 15) is 14.4 Å². The van der Waals surface area contributed by atoms with Crippen molar-refractivity contribution in [2.75, 3.05) is 39.6 Å². The van der Waals surface area contributed by atoms with Gasteiger partial charge in [0.2, 0.25) is 5.91 Å². The van der Waals surface area contributed by atoms with E-state index in [0.29, 0.717) is 41.3 Å². The fourth-order valence-corrected chi connectivity index (χ4v) is 4.10. The highest BCUT2D eigenvalue weighted by Crippen LogP contribution is 2.37. The summed E-state index contributed by atoms with van der Waals surface area (Å²) in [5.74, 6) is -1.44. The Kier molecular flexibility index (Phi) is 7.56. The zero-order chi connectivity index (χ0) is 25.7. The Bertz CT molecular complexity index is 1300. The van der Waals surface area contributed by atoms with Crippen LogP contribution in [0, 0.1) is 0 Å². The van der Waals surface area contributed by atoms with Crippen molar-refractivity contribution in [2.24, 2.45) is 4.99 Å². The van der Waals surface area contributed by atoms with Crippen molar-refractivity contribution in [1.82, 2.24) is 10.2 Å². The summed E-state index contributed by atoms with van der Waals surface area (Å²) in [6, 6.07) is 21.5. The van der Waals surface area contributed by atoms with Gasteiger partial charge in [-0.15, -0.1) is 0 Å². The van der Waals surface area contributed by atoms with Crippen molar-refractivity contribution in [1.29, 1.82) is 0 Å². The first-order valence-electron chi connectivity index (χ1n) is 11.6. The lowest BCUT2D eigenvalue weighted by Gasteiger charge is -2.17. The van der Waals surface area contributed by atoms with E-state index in [1.54, 1.807) is 54.4 Å². The summed E-state index contributed by atoms with van der Waals surface area (Å²) in [5, 5.41) is 5.91. The number of methoxy groups -OCH3 is 1. The molecule has 0 saturated heterocycles. The Morgan fingerprint density at radius 3 is 2.36 bits per heavy atom. The maximum Gasteiger partial charge on any atom is 0.337 e. The molecule has 1 heterocycles. The number of likely N-dealkylation sites (N-methyl/N-ethyl adjacent to an activating group) is 2. The van der Waals surface area contributed by atoms with Crippen LogP contribution in [0.2, 0.25) is 0 Å². The molecular formula is C28H28N4O4. The average Bonchev–Trinajstić information content (AvgIpc) is 3.24. The van der Waals surface area contributed by atoms with E-state index < -0.39 is 11.9 Å². The number of amides is 2. The monoisotopic (exact) mass is 484 g/mol. The summed E-state index contributed by atoms with van der Waals surface area (Å²) in [6.45, 7) is 1.30. The van der Waals surface area contributed by atoms with Gasteiger partial charge in [0.25, 0.3) is 5.91 Å². The van der Waals surface area contributed by atoms with Gasteiger partial charge in [-0.1, -0.05) is 36.4 Å². The number of carbonyl (C=O) groups excluding carboxylic acids is 3. The zero-order valence-corrected chi connectivity index (χ0v) is 20.4. The van der Waals surface area contributed by atoms with Crippen molar-refractivity contribution in [2.45, 2.75) is 5.92 Å². The third kappa shape index (κ3) is 5.18. The third-order valence-electron chi connectivity index (χ3n) is 6.06. The lowest BCUT2D eigenvalue weighted by molar-refractivity contribution is -0.115. The summed E-state index contributed by atoms with van der Waals surface area (Å²) >= 11 is 0. The molecule has 36 heavy (non-hydrogen) atoms. The van der Waals surface area contributed by atoms with E-state index in [1.165, 1.54) is 7.11 Å². The molecule has 0 fully saturated rings. The minimum atomic E-state index is -0.664. The molecule has 0 aliphatic carbocycles. The highest BCUT2D eigenvalue weighted by Gasteiger charge is 2.36. The quantitative estimate of drug-likeness (QED) is 0.376. The molecule has 184 valence electrons. The van der Waals surface area contributed by atoms with Crippen LogP contribution >= 0.6 is 0 Å². The van der Waals surface area contributed by atoms with Gasteiger partial charge < -0.3 is 20.3 Å². The van der Waals surface area contributed by atoms with Gasteiger partial charge in [0.15, 0.2) is 0 Å². The molecule has 2 amide bonds. The van der Waals surface area contributed by atoms with Gasteiger partial charge in [-0.25, -0.2) is 4.79 Å². The van der Waals surface area contributed by atoms with Crippen molar-refractivity contribution in [3.05, 3.63) is 95.1 Å². The van der Waals surface area contributed by atoms with Crippen LogP contribution in [0.1, 0.15) is 37.8 Å². The highest BCUT2D eigenvalue weighted by atomic mass is 16.5. The second kappa shape index (κ2) is 11.0. The van der Waals surface area contributed by atoms with Gasteiger partial charge >= 0.3 is 5.97 Å². The topological polar surface area (TPSA) is 100 Å². The zero-order valence-electron chi connectivity index (χ0n) is 20.4. The van der Waals surface area contributed by atoms with E-state index >= 15 is 0 Å². The number of esters is 1. The summed E-state index contributed by atoms with van der Waals surface area (Å²) in [7, 11) is 4.92. The maximum absolute atomic E-state index is 13.1. The van der Waals surface area contributed by atoms with Gasteiger partial charge in [-0.05, 0) is 54.6 Å². The molecule has 1 unspecified atom stereocenters.